The lowest BCUT2D eigenvalue weighted by atomic mass is 9.80. The van der Waals surface area contributed by atoms with Gasteiger partial charge in [0.25, 0.3) is 0 Å². The summed E-state index contributed by atoms with van der Waals surface area (Å²) >= 11 is 0. The third kappa shape index (κ3) is 4.34. The highest BCUT2D eigenvalue weighted by atomic mass is 19.4. The highest BCUT2D eigenvalue weighted by Crippen LogP contribution is 2.39. The largest absolute Gasteiger partial charge is 0.391 e. The fraction of sp³-hybridized carbons (Fsp3) is 0.923. The summed E-state index contributed by atoms with van der Waals surface area (Å²) < 4.78 is 43.5. The molecular formula is C13H21F3N2O2. The molecule has 0 aromatic heterocycles. The topological polar surface area (TPSA) is 50.4 Å². The molecule has 3 atom stereocenters. The lowest BCUT2D eigenvalue weighted by Crippen LogP contribution is -2.46. The van der Waals surface area contributed by atoms with Crippen LogP contribution in [-0.4, -0.2) is 44.4 Å². The molecule has 1 amide bonds. The number of halogens is 3. The molecule has 0 radical (unpaired) electrons. The quantitative estimate of drug-likeness (QED) is 0.828. The molecule has 0 aromatic rings. The van der Waals surface area contributed by atoms with E-state index in [2.05, 4.69) is 10.6 Å². The standard InChI is InChI=1S/C13H21F3N2O2/c14-13(15,16)10-3-1-2-9(6-10)12(19)18-8-11-7-17-4-5-20-11/h9-11,17H,1-8H2,(H,18,19). The zero-order valence-corrected chi connectivity index (χ0v) is 11.3. The van der Waals surface area contributed by atoms with E-state index in [9.17, 15) is 18.0 Å². The van der Waals surface area contributed by atoms with E-state index in [4.69, 9.17) is 4.74 Å². The summed E-state index contributed by atoms with van der Waals surface area (Å²) in [6, 6.07) is 0. The first-order valence-electron chi connectivity index (χ1n) is 7.13. The number of hydrogen-bond acceptors (Lipinski definition) is 3. The maximum absolute atomic E-state index is 12.7. The number of hydrogen-bond donors (Lipinski definition) is 2. The van der Waals surface area contributed by atoms with E-state index in [1.165, 1.54) is 0 Å². The molecule has 1 saturated carbocycles. The first-order valence-corrected chi connectivity index (χ1v) is 7.13. The van der Waals surface area contributed by atoms with Gasteiger partial charge in [0.15, 0.2) is 0 Å². The van der Waals surface area contributed by atoms with E-state index in [1.54, 1.807) is 0 Å². The van der Waals surface area contributed by atoms with Crippen molar-refractivity contribution in [1.29, 1.82) is 0 Å². The van der Waals surface area contributed by atoms with Crippen LogP contribution in [0, 0.1) is 11.8 Å². The lowest BCUT2D eigenvalue weighted by Gasteiger charge is -2.30. The lowest BCUT2D eigenvalue weighted by molar-refractivity contribution is -0.186. The van der Waals surface area contributed by atoms with Crippen molar-refractivity contribution in [3.8, 4) is 0 Å². The summed E-state index contributed by atoms with van der Waals surface area (Å²) in [6.45, 7) is 2.41. The van der Waals surface area contributed by atoms with Crippen molar-refractivity contribution in [2.75, 3.05) is 26.2 Å². The Labute approximate surface area is 116 Å². The normalized spacial score (nSPS) is 31.9. The van der Waals surface area contributed by atoms with Crippen LogP contribution in [0.25, 0.3) is 0 Å². The van der Waals surface area contributed by atoms with Gasteiger partial charge in [0.05, 0.1) is 18.6 Å². The fourth-order valence-corrected chi connectivity index (χ4v) is 2.83. The van der Waals surface area contributed by atoms with E-state index in [-0.39, 0.29) is 24.9 Å². The number of rotatable bonds is 3. The molecule has 1 aliphatic carbocycles. The Kier molecular flexibility index (Phi) is 5.26. The molecule has 2 fully saturated rings. The Morgan fingerprint density at radius 2 is 2.15 bits per heavy atom. The number of alkyl halides is 3. The SMILES string of the molecule is O=C(NCC1CNCCO1)C1CCCC(C(F)(F)F)C1. The number of nitrogens with one attached hydrogen (secondary N) is 2. The second-order valence-corrected chi connectivity index (χ2v) is 5.54. The fourth-order valence-electron chi connectivity index (χ4n) is 2.83. The predicted octanol–water partition coefficient (Wildman–Crippen LogP) is 1.46. The second-order valence-electron chi connectivity index (χ2n) is 5.54. The number of ether oxygens (including phenoxy) is 1. The summed E-state index contributed by atoms with van der Waals surface area (Å²) in [6.07, 6.45) is -3.21. The van der Waals surface area contributed by atoms with Crippen LogP contribution in [0.15, 0.2) is 0 Å². The summed E-state index contributed by atoms with van der Waals surface area (Å²) in [7, 11) is 0. The van der Waals surface area contributed by atoms with Crippen molar-refractivity contribution >= 4 is 5.91 Å². The van der Waals surface area contributed by atoms with Gasteiger partial charge in [-0.3, -0.25) is 4.79 Å². The van der Waals surface area contributed by atoms with Gasteiger partial charge in [-0.1, -0.05) is 6.42 Å². The maximum atomic E-state index is 12.7. The highest BCUT2D eigenvalue weighted by molar-refractivity contribution is 5.78. The summed E-state index contributed by atoms with van der Waals surface area (Å²) in [4.78, 5) is 12.0. The molecule has 7 heteroatoms. The Morgan fingerprint density at radius 1 is 1.35 bits per heavy atom. The molecule has 1 saturated heterocycles. The van der Waals surface area contributed by atoms with Crippen molar-refractivity contribution in [3.05, 3.63) is 0 Å². The molecule has 116 valence electrons. The van der Waals surface area contributed by atoms with Crippen LogP contribution in [0.3, 0.4) is 0 Å². The van der Waals surface area contributed by atoms with Gasteiger partial charge in [-0.05, 0) is 19.3 Å². The van der Waals surface area contributed by atoms with Crippen LogP contribution in [0.4, 0.5) is 13.2 Å². The van der Waals surface area contributed by atoms with Crippen molar-refractivity contribution in [2.45, 2.75) is 38.0 Å². The Morgan fingerprint density at radius 3 is 2.80 bits per heavy atom. The first-order chi connectivity index (χ1) is 9.47. The van der Waals surface area contributed by atoms with E-state index >= 15 is 0 Å². The van der Waals surface area contributed by atoms with Gasteiger partial charge in [-0.15, -0.1) is 0 Å². The number of carbonyl (C=O) groups is 1. The van der Waals surface area contributed by atoms with Crippen LogP contribution in [0.1, 0.15) is 25.7 Å². The number of carbonyl (C=O) groups excluding carboxylic acids is 1. The molecule has 1 aliphatic heterocycles. The predicted molar refractivity (Wildman–Crippen MR) is 67.1 cm³/mol. The summed E-state index contributed by atoms with van der Waals surface area (Å²) in [5.41, 5.74) is 0. The highest BCUT2D eigenvalue weighted by Gasteiger charge is 2.43. The van der Waals surface area contributed by atoms with Crippen molar-refractivity contribution < 1.29 is 22.7 Å². The van der Waals surface area contributed by atoms with Gasteiger partial charge in [0.1, 0.15) is 0 Å². The van der Waals surface area contributed by atoms with E-state index in [1.807, 2.05) is 0 Å². The van der Waals surface area contributed by atoms with Gasteiger partial charge in [0, 0.05) is 25.6 Å². The molecule has 4 nitrogen and oxygen atoms in total. The number of amides is 1. The van der Waals surface area contributed by atoms with Gasteiger partial charge in [-0.2, -0.15) is 13.2 Å². The molecule has 3 unspecified atom stereocenters. The van der Waals surface area contributed by atoms with Crippen LogP contribution < -0.4 is 10.6 Å². The molecule has 0 bridgehead atoms. The van der Waals surface area contributed by atoms with Crippen molar-refractivity contribution in [2.24, 2.45) is 11.8 Å². The van der Waals surface area contributed by atoms with Gasteiger partial charge < -0.3 is 15.4 Å². The zero-order valence-electron chi connectivity index (χ0n) is 11.3. The zero-order chi connectivity index (χ0) is 14.6. The summed E-state index contributed by atoms with van der Waals surface area (Å²) in [5, 5.41) is 5.86. The van der Waals surface area contributed by atoms with Crippen LogP contribution >= 0.6 is 0 Å². The number of morpholine rings is 1. The molecule has 0 spiro atoms. The van der Waals surface area contributed by atoms with Crippen LogP contribution in [0.5, 0.6) is 0 Å². The Hall–Kier alpha value is -0.820. The maximum Gasteiger partial charge on any atom is 0.391 e. The average molecular weight is 294 g/mol. The molecule has 1 heterocycles. The molecule has 0 aromatic carbocycles. The molecule has 2 N–H and O–H groups in total. The second kappa shape index (κ2) is 6.76. The monoisotopic (exact) mass is 294 g/mol. The van der Waals surface area contributed by atoms with E-state index < -0.39 is 18.0 Å². The molecule has 2 aliphatic rings. The van der Waals surface area contributed by atoms with E-state index in [0.717, 1.165) is 6.54 Å². The van der Waals surface area contributed by atoms with Crippen molar-refractivity contribution in [1.82, 2.24) is 10.6 Å². The average Bonchev–Trinajstić information content (AvgIpc) is 2.45. The minimum atomic E-state index is -4.19. The third-order valence-electron chi connectivity index (χ3n) is 4.02. The Balaban J connectivity index is 1.76. The minimum absolute atomic E-state index is 0.0842. The van der Waals surface area contributed by atoms with Gasteiger partial charge in [0.2, 0.25) is 5.91 Å². The van der Waals surface area contributed by atoms with Crippen LogP contribution in [-0.2, 0) is 9.53 Å². The van der Waals surface area contributed by atoms with Gasteiger partial charge >= 0.3 is 6.18 Å². The van der Waals surface area contributed by atoms with Crippen LogP contribution in [0.2, 0.25) is 0 Å². The van der Waals surface area contributed by atoms with E-state index in [0.29, 0.717) is 32.5 Å². The first kappa shape index (κ1) is 15.6. The third-order valence-corrected chi connectivity index (χ3v) is 4.02. The van der Waals surface area contributed by atoms with Gasteiger partial charge in [-0.25, -0.2) is 0 Å². The summed E-state index contributed by atoms with van der Waals surface area (Å²) in [5.74, 6) is -2.13. The smallest absolute Gasteiger partial charge is 0.374 e. The molecule has 20 heavy (non-hydrogen) atoms. The Bertz CT molecular complexity index is 330. The minimum Gasteiger partial charge on any atom is -0.374 e. The van der Waals surface area contributed by atoms with Crippen molar-refractivity contribution in [3.63, 3.8) is 0 Å². The molecular weight excluding hydrogens is 273 g/mol. The molecule has 2 rings (SSSR count).